The van der Waals surface area contributed by atoms with Crippen molar-refractivity contribution >= 4 is 31.9 Å². The zero-order valence-electron chi connectivity index (χ0n) is 21.3. The van der Waals surface area contributed by atoms with E-state index in [0.29, 0.717) is 48.4 Å². The van der Waals surface area contributed by atoms with E-state index in [9.17, 15) is 14.7 Å². The molecule has 194 valence electrons. The van der Waals surface area contributed by atoms with E-state index in [2.05, 4.69) is 31.9 Å². The molecule has 0 atom stereocenters. The van der Waals surface area contributed by atoms with Crippen LogP contribution in [0.2, 0.25) is 0 Å². The van der Waals surface area contributed by atoms with Crippen LogP contribution >= 0.6 is 31.9 Å². The highest BCUT2D eigenvalue weighted by Crippen LogP contribution is 2.42. The maximum Gasteiger partial charge on any atom is 0.275 e. The number of aromatic nitrogens is 4. The van der Waals surface area contributed by atoms with Gasteiger partial charge in [0.25, 0.3) is 11.1 Å². The van der Waals surface area contributed by atoms with Crippen molar-refractivity contribution in [3.63, 3.8) is 0 Å². The van der Waals surface area contributed by atoms with Gasteiger partial charge in [0, 0.05) is 35.5 Å². The van der Waals surface area contributed by atoms with Crippen molar-refractivity contribution < 1.29 is 5.11 Å². The summed E-state index contributed by atoms with van der Waals surface area (Å²) in [5, 5.41) is 11.3. The Hall–Kier alpha value is -3.56. The summed E-state index contributed by atoms with van der Waals surface area (Å²) >= 11 is 6.97. The van der Waals surface area contributed by atoms with Crippen molar-refractivity contribution in [2.24, 2.45) is 14.1 Å². The molecule has 0 radical (unpaired) electrons. The molecule has 38 heavy (non-hydrogen) atoms. The Kier molecular flexibility index (Phi) is 6.83. The van der Waals surface area contributed by atoms with Gasteiger partial charge in [-0.15, -0.1) is 0 Å². The lowest BCUT2D eigenvalue weighted by Gasteiger charge is -2.19. The number of hydrogen-bond donors (Lipinski definition) is 1. The van der Waals surface area contributed by atoms with Crippen molar-refractivity contribution in [2.75, 3.05) is 0 Å². The molecule has 0 aliphatic carbocycles. The largest absolute Gasteiger partial charge is 0.506 e. The lowest BCUT2D eigenvalue weighted by Crippen LogP contribution is -2.26. The lowest BCUT2D eigenvalue weighted by molar-refractivity contribution is 0.463. The Balaban J connectivity index is 1.90. The average molecular weight is 638 g/mol. The van der Waals surface area contributed by atoms with Crippen LogP contribution in [0.15, 0.2) is 91.3 Å². The smallest absolute Gasteiger partial charge is 0.275 e. The van der Waals surface area contributed by atoms with E-state index < -0.39 is 5.92 Å². The number of rotatable bonds is 5. The van der Waals surface area contributed by atoms with Crippen LogP contribution in [0, 0.1) is 13.8 Å². The molecule has 2 heterocycles. The Morgan fingerprint density at radius 2 is 1.13 bits per heavy atom. The highest BCUT2D eigenvalue weighted by atomic mass is 79.9. The fraction of sp³-hybridized carbons (Fsp3) is 0.172. The molecule has 0 aliphatic rings. The van der Waals surface area contributed by atoms with E-state index in [4.69, 9.17) is 0 Å². The minimum Gasteiger partial charge on any atom is -0.506 e. The minimum absolute atomic E-state index is 0.0268. The molecule has 0 amide bonds. The number of hydrogen-bond acceptors (Lipinski definition) is 3. The van der Waals surface area contributed by atoms with Crippen LogP contribution in [-0.2, 0) is 14.1 Å². The maximum absolute atomic E-state index is 14.2. The van der Waals surface area contributed by atoms with Gasteiger partial charge < -0.3 is 5.11 Å². The molecule has 0 saturated heterocycles. The predicted molar refractivity (Wildman–Crippen MR) is 156 cm³/mol. The molecule has 2 aromatic heterocycles. The van der Waals surface area contributed by atoms with Crippen molar-refractivity contribution in [3.8, 4) is 17.1 Å². The van der Waals surface area contributed by atoms with Gasteiger partial charge in [-0.1, -0.05) is 52.3 Å². The maximum atomic E-state index is 14.2. The van der Waals surface area contributed by atoms with Gasteiger partial charge in [0.05, 0.1) is 32.9 Å². The molecule has 0 saturated carbocycles. The van der Waals surface area contributed by atoms with Crippen LogP contribution in [0.4, 0.5) is 0 Å². The van der Waals surface area contributed by atoms with Crippen molar-refractivity contribution in [3.05, 3.63) is 131 Å². The molecule has 9 heteroatoms. The van der Waals surface area contributed by atoms with Crippen LogP contribution in [0.3, 0.4) is 0 Å². The van der Waals surface area contributed by atoms with Gasteiger partial charge in [0.2, 0.25) is 0 Å². The fourth-order valence-corrected chi connectivity index (χ4v) is 6.36. The Morgan fingerprint density at radius 1 is 0.711 bits per heavy atom. The molecular weight excluding hydrogens is 612 g/mol. The van der Waals surface area contributed by atoms with Crippen LogP contribution < -0.4 is 11.1 Å². The molecule has 5 rings (SSSR count). The number of phenolic OH excluding ortho intramolecular Hbond substituents is 1. The minimum atomic E-state index is -0.837. The summed E-state index contributed by atoms with van der Waals surface area (Å²) in [6.07, 6.45) is 0. The first-order valence-corrected chi connectivity index (χ1v) is 13.6. The second kappa shape index (κ2) is 9.96. The van der Waals surface area contributed by atoms with E-state index in [1.54, 1.807) is 30.9 Å². The lowest BCUT2D eigenvalue weighted by atomic mass is 9.84. The molecule has 7 nitrogen and oxygen atoms in total. The summed E-state index contributed by atoms with van der Waals surface area (Å²) in [4.78, 5) is 28.4. The van der Waals surface area contributed by atoms with Gasteiger partial charge in [0.1, 0.15) is 5.75 Å². The van der Waals surface area contributed by atoms with E-state index in [1.165, 1.54) is 0 Å². The average Bonchev–Trinajstić information content (AvgIpc) is 3.26. The normalized spacial score (nSPS) is 11.4. The molecule has 5 aromatic rings. The van der Waals surface area contributed by atoms with Crippen LogP contribution in [0.25, 0.3) is 11.4 Å². The third-order valence-electron chi connectivity index (χ3n) is 7.14. The fourth-order valence-electron chi connectivity index (χ4n) is 5.10. The molecule has 1 N–H and O–H groups in total. The SMILES string of the molecule is Cc1c(C(c2cc(Br)cc(Br)c2O)c2c(C)n(C)n(-c3ccccc3)c2=O)c(=O)n(-c2ccccc2)n1C. The number of halogens is 2. The molecule has 0 bridgehead atoms. The highest BCUT2D eigenvalue weighted by molar-refractivity contribution is 9.11. The van der Waals surface area contributed by atoms with Crippen LogP contribution in [0.5, 0.6) is 5.75 Å². The molecular formula is C29H26Br2N4O3. The number of aromatic hydroxyl groups is 1. The first kappa shape index (κ1) is 26.1. The van der Waals surface area contributed by atoms with Crippen molar-refractivity contribution in [2.45, 2.75) is 19.8 Å². The summed E-state index contributed by atoms with van der Waals surface area (Å²) in [7, 11) is 3.64. The van der Waals surface area contributed by atoms with E-state index in [-0.39, 0.29) is 16.9 Å². The first-order chi connectivity index (χ1) is 18.1. The monoisotopic (exact) mass is 636 g/mol. The zero-order chi connectivity index (χ0) is 27.3. The van der Waals surface area contributed by atoms with Gasteiger partial charge in [0.15, 0.2) is 0 Å². The van der Waals surface area contributed by atoms with E-state index in [1.807, 2.05) is 88.6 Å². The standard InChI is InChI=1S/C29H26Br2N4O3/c1-17-24(28(37)34(32(17)3)20-11-7-5-8-12-20)26(22-15-19(30)16-23(31)27(22)36)25-18(2)33(4)35(29(25)38)21-13-9-6-10-14-21/h5-16,26,36H,1-4H3. The summed E-state index contributed by atoms with van der Waals surface area (Å²) < 4.78 is 7.93. The molecule has 0 fully saturated rings. The third-order valence-corrected chi connectivity index (χ3v) is 8.21. The second-order valence-electron chi connectivity index (χ2n) is 9.21. The summed E-state index contributed by atoms with van der Waals surface area (Å²) in [5.74, 6) is -0.864. The van der Waals surface area contributed by atoms with Crippen molar-refractivity contribution in [1.29, 1.82) is 0 Å². The number of para-hydroxylation sites is 2. The van der Waals surface area contributed by atoms with E-state index in [0.717, 1.165) is 0 Å². The topological polar surface area (TPSA) is 74.1 Å². The predicted octanol–water partition coefficient (Wildman–Crippen LogP) is 5.69. The number of nitrogens with zero attached hydrogens (tertiary/aromatic N) is 4. The Morgan fingerprint density at radius 3 is 1.55 bits per heavy atom. The zero-order valence-corrected chi connectivity index (χ0v) is 24.5. The Labute approximate surface area is 236 Å². The van der Waals surface area contributed by atoms with Gasteiger partial charge in [-0.2, -0.15) is 0 Å². The van der Waals surface area contributed by atoms with Gasteiger partial charge in [-0.05, 0) is 66.2 Å². The molecule has 3 aromatic carbocycles. The molecule has 0 aliphatic heterocycles. The number of phenols is 1. The van der Waals surface area contributed by atoms with Gasteiger partial charge >= 0.3 is 0 Å². The third kappa shape index (κ3) is 4.10. The summed E-state index contributed by atoms with van der Waals surface area (Å²) in [6, 6.07) is 22.2. The van der Waals surface area contributed by atoms with Crippen molar-refractivity contribution in [1.82, 2.24) is 18.7 Å². The summed E-state index contributed by atoms with van der Waals surface area (Å²) in [6.45, 7) is 3.72. The molecule has 0 spiro atoms. The van der Waals surface area contributed by atoms with Crippen LogP contribution in [0.1, 0.15) is 34.0 Å². The van der Waals surface area contributed by atoms with Gasteiger partial charge in [-0.25, -0.2) is 9.36 Å². The summed E-state index contributed by atoms with van der Waals surface area (Å²) in [5.41, 5.74) is 3.56. The quantitative estimate of drug-likeness (QED) is 0.269. The van der Waals surface area contributed by atoms with Gasteiger partial charge in [-0.3, -0.25) is 19.0 Å². The van der Waals surface area contributed by atoms with E-state index >= 15 is 0 Å². The van der Waals surface area contributed by atoms with Crippen LogP contribution in [-0.4, -0.2) is 23.8 Å². The first-order valence-electron chi connectivity index (χ1n) is 12.0. The number of benzene rings is 3. The molecule has 0 unspecified atom stereocenters. The highest BCUT2D eigenvalue weighted by Gasteiger charge is 2.34. The Bertz CT molecular complexity index is 1680. The second-order valence-corrected chi connectivity index (χ2v) is 11.0.